The van der Waals surface area contributed by atoms with E-state index in [4.69, 9.17) is 15.2 Å². The monoisotopic (exact) mass is 389 g/mol. The van der Waals surface area contributed by atoms with Crippen LogP contribution in [0.25, 0.3) is 11.2 Å². The summed E-state index contributed by atoms with van der Waals surface area (Å²) >= 11 is 1.53. The Hall–Kier alpha value is -2.40. The van der Waals surface area contributed by atoms with Crippen LogP contribution in [0.4, 0.5) is 5.82 Å². The quantitative estimate of drug-likeness (QED) is 0.543. The van der Waals surface area contributed by atoms with Crippen molar-refractivity contribution in [3.05, 3.63) is 36.9 Å². The number of aliphatic hydroxyl groups is 2. The summed E-state index contributed by atoms with van der Waals surface area (Å²) in [5.41, 5.74) is 6.67. The summed E-state index contributed by atoms with van der Waals surface area (Å²) in [6, 6.07) is 7.60. The van der Waals surface area contributed by atoms with Crippen molar-refractivity contribution in [3.8, 4) is 5.75 Å². The van der Waals surface area contributed by atoms with Gasteiger partial charge in [0.25, 0.3) is 0 Å². The normalized spacial score (nSPS) is 25.1. The second kappa shape index (κ2) is 7.31. The summed E-state index contributed by atoms with van der Waals surface area (Å²) in [5, 5.41) is 20.9. The predicted octanol–water partition coefficient (Wildman–Crippen LogP) is 0.829. The van der Waals surface area contributed by atoms with Crippen molar-refractivity contribution in [1.82, 2.24) is 19.5 Å². The van der Waals surface area contributed by atoms with Crippen LogP contribution in [0.15, 0.2) is 41.8 Å². The molecule has 4 rings (SSSR count). The molecule has 0 bridgehead atoms. The highest BCUT2D eigenvalue weighted by Gasteiger charge is 2.44. The van der Waals surface area contributed by atoms with E-state index < -0.39 is 24.5 Å². The lowest BCUT2D eigenvalue weighted by Crippen LogP contribution is -2.32. The molecule has 0 saturated carbocycles. The number of thioether (sulfide) groups is 1. The average Bonchev–Trinajstić information content (AvgIpc) is 3.23. The summed E-state index contributed by atoms with van der Waals surface area (Å²) in [7, 11) is 1.62. The van der Waals surface area contributed by atoms with E-state index in [1.807, 2.05) is 24.3 Å². The molecule has 27 heavy (non-hydrogen) atoms. The van der Waals surface area contributed by atoms with Gasteiger partial charge in [-0.15, -0.1) is 11.8 Å². The Balaban J connectivity index is 1.49. The summed E-state index contributed by atoms with van der Waals surface area (Å²) in [4.78, 5) is 13.3. The standard InChI is InChI=1S/C17H19N5O4S/c1-25-9-2-4-10(5-3-9)27-6-11-13(23)14(24)17(26-11)22-8-21-12-15(18)19-7-20-16(12)22/h2-5,7-8,11,13-14,17,23-24H,6H2,1H3,(H2,18,19,20)/t11-,13-,14-,17?/m1/s1. The van der Waals surface area contributed by atoms with Crippen LogP contribution in [0.3, 0.4) is 0 Å². The summed E-state index contributed by atoms with van der Waals surface area (Å²) < 4.78 is 12.6. The number of benzene rings is 1. The molecule has 3 heterocycles. The summed E-state index contributed by atoms with van der Waals surface area (Å²) in [6.07, 6.45) is -0.688. The second-order valence-electron chi connectivity index (χ2n) is 6.12. The molecule has 1 aliphatic rings. The molecule has 1 saturated heterocycles. The number of anilines is 1. The third-order valence-corrected chi connectivity index (χ3v) is 5.57. The zero-order valence-electron chi connectivity index (χ0n) is 14.5. The molecule has 1 unspecified atom stereocenters. The Morgan fingerprint density at radius 2 is 1.96 bits per heavy atom. The fourth-order valence-electron chi connectivity index (χ4n) is 3.00. The summed E-state index contributed by atoms with van der Waals surface area (Å²) in [6.45, 7) is 0. The number of methoxy groups -OCH3 is 1. The van der Waals surface area contributed by atoms with Crippen molar-refractivity contribution >= 4 is 28.7 Å². The lowest BCUT2D eigenvalue weighted by molar-refractivity contribution is -0.0289. The van der Waals surface area contributed by atoms with Gasteiger partial charge in [0.15, 0.2) is 17.7 Å². The van der Waals surface area contributed by atoms with Gasteiger partial charge in [-0.05, 0) is 24.3 Å². The molecule has 9 nitrogen and oxygen atoms in total. The van der Waals surface area contributed by atoms with Gasteiger partial charge in [0, 0.05) is 10.6 Å². The topological polar surface area (TPSA) is 129 Å². The first-order chi connectivity index (χ1) is 13.1. The molecule has 1 fully saturated rings. The van der Waals surface area contributed by atoms with Crippen LogP contribution >= 0.6 is 11.8 Å². The number of aromatic nitrogens is 4. The van der Waals surface area contributed by atoms with Gasteiger partial charge < -0.3 is 25.4 Å². The Labute approximate surface area is 159 Å². The molecule has 0 aliphatic carbocycles. The molecule has 4 N–H and O–H groups in total. The van der Waals surface area contributed by atoms with E-state index in [2.05, 4.69) is 15.0 Å². The number of hydrogen-bond donors (Lipinski definition) is 3. The number of aliphatic hydroxyl groups excluding tert-OH is 2. The zero-order chi connectivity index (χ0) is 19.0. The molecule has 2 aromatic heterocycles. The number of nitrogen functional groups attached to an aromatic ring is 1. The van der Waals surface area contributed by atoms with E-state index in [0.717, 1.165) is 10.6 Å². The van der Waals surface area contributed by atoms with Crippen LogP contribution in [0.1, 0.15) is 6.23 Å². The molecule has 142 valence electrons. The average molecular weight is 389 g/mol. The molecule has 0 amide bonds. The maximum atomic E-state index is 10.5. The van der Waals surface area contributed by atoms with Gasteiger partial charge in [-0.2, -0.15) is 0 Å². The molecule has 1 aliphatic heterocycles. The van der Waals surface area contributed by atoms with Gasteiger partial charge in [-0.1, -0.05) is 0 Å². The number of imidazole rings is 1. The van der Waals surface area contributed by atoms with Gasteiger partial charge in [-0.25, -0.2) is 15.0 Å². The van der Waals surface area contributed by atoms with E-state index in [0.29, 0.717) is 16.9 Å². The maximum Gasteiger partial charge on any atom is 0.167 e. The third-order valence-electron chi connectivity index (χ3n) is 4.47. The maximum absolute atomic E-state index is 10.5. The lowest BCUT2D eigenvalue weighted by Gasteiger charge is -2.16. The van der Waals surface area contributed by atoms with E-state index in [1.165, 1.54) is 24.4 Å². The SMILES string of the molecule is COc1ccc(SC[C@H]2OC(n3cnc4c(N)ncnc43)[C@H](O)[C@@H]2O)cc1. The highest BCUT2D eigenvalue weighted by molar-refractivity contribution is 7.99. The van der Waals surface area contributed by atoms with Gasteiger partial charge in [-0.3, -0.25) is 4.57 Å². The Morgan fingerprint density at radius 3 is 2.70 bits per heavy atom. The number of nitrogens with two attached hydrogens (primary N) is 1. The van der Waals surface area contributed by atoms with Gasteiger partial charge >= 0.3 is 0 Å². The van der Waals surface area contributed by atoms with E-state index >= 15 is 0 Å². The van der Waals surface area contributed by atoms with Crippen LogP contribution in [0, 0.1) is 0 Å². The molecule has 10 heteroatoms. The van der Waals surface area contributed by atoms with Gasteiger partial charge in [0.05, 0.1) is 19.5 Å². The van der Waals surface area contributed by atoms with Gasteiger partial charge in [0.1, 0.15) is 29.8 Å². The van der Waals surface area contributed by atoms with Crippen molar-refractivity contribution in [1.29, 1.82) is 0 Å². The van der Waals surface area contributed by atoms with E-state index in [-0.39, 0.29) is 5.82 Å². The van der Waals surface area contributed by atoms with E-state index in [1.54, 1.807) is 11.7 Å². The number of hydrogen-bond acceptors (Lipinski definition) is 9. The molecular formula is C17H19N5O4S. The molecular weight excluding hydrogens is 370 g/mol. The van der Waals surface area contributed by atoms with Crippen LogP contribution < -0.4 is 10.5 Å². The van der Waals surface area contributed by atoms with Gasteiger partial charge in [0.2, 0.25) is 0 Å². The Bertz CT molecular complexity index is 935. The van der Waals surface area contributed by atoms with Crippen LogP contribution in [0.5, 0.6) is 5.75 Å². The minimum Gasteiger partial charge on any atom is -0.497 e. The summed E-state index contributed by atoms with van der Waals surface area (Å²) in [5.74, 6) is 1.50. The highest BCUT2D eigenvalue weighted by Crippen LogP contribution is 2.34. The number of rotatable bonds is 5. The van der Waals surface area contributed by atoms with Crippen molar-refractivity contribution in [2.75, 3.05) is 18.6 Å². The predicted molar refractivity (Wildman–Crippen MR) is 99.4 cm³/mol. The fourth-order valence-corrected chi connectivity index (χ4v) is 3.96. The molecule has 3 aromatic rings. The first-order valence-corrected chi connectivity index (χ1v) is 9.28. The Kier molecular flexibility index (Phi) is 4.87. The minimum absolute atomic E-state index is 0.249. The molecule has 0 radical (unpaired) electrons. The van der Waals surface area contributed by atoms with Crippen molar-refractivity contribution in [2.24, 2.45) is 0 Å². The first-order valence-electron chi connectivity index (χ1n) is 8.30. The lowest BCUT2D eigenvalue weighted by atomic mass is 10.1. The highest BCUT2D eigenvalue weighted by atomic mass is 32.2. The number of nitrogens with zero attached hydrogens (tertiary/aromatic N) is 4. The molecule has 4 atom stereocenters. The first kappa shape index (κ1) is 18.0. The number of ether oxygens (including phenoxy) is 2. The van der Waals surface area contributed by atoms with E-state index in [9.17, 15) is 10.2 Å². The molecule has 0 spiro atoms. The third kappa shape index (κ3) is 3.32. The Morgan fingerprint density at radius 1 is 1.19 bits per heavy atom. The van der Waals surface area contributed by atoms with Crippen molar-refractivity contribution in [2.45, 2.75) is 29.4 Å². The molecule has 1 aromatic carbocycles. The number of fused-ring (bicyclic) bond motifs is 1. The minimum atomic E-state index is -1.11. The largest absolute Gasteiger partial charge is 0.497 e. The van der Waals surface area contributed by atoms with Crippen LogP contribution in [0.2, 0.25) is 0 Å². The zero-order valence-corrected chi connectivity index (χ0v) is 15.3. The second-order valence-corrected chi connectivity index (χ2v) is 7.21. The van der Waals surface area contributed by atoms with Crippen molar-refractivity contribution in [3.63, 3.8) is 0 Å². The van der Waals surface area contributed by atoms with Crippen LogP contribution in [-0.4, -0.2) is 60.9 Å². The smallest absolute Gasteiger partial charge is 0.167 e. The van der Waals surface area contributed by atoms with Crippen LogP contribution in [-0.2, 0) is 4.74 Å². The fraction of sp³-hybridized carbons (Fsp3) is 0.353. The van der Waals surface area contributed by atoms with Crippen molar-refractivity contribution < 1.29 is 19.7 Å².